The zero-order chi connectivity index (χ0) is 9.10. The molecule has 1 unspecified atom stereocenters. The van der Waals surface area contributed by atoms with Gasteiger partial charge in [0.15, 0.2) is 0 Å². The van der Waals surface area contributed by atoms with E-state index >= 15 is 0 Å². The predicted molar refractivity (Wildman–Crippen MR) is 68.4 cm³/mol. The van der Waals surface area contributed by atoms with Gasteiger partial charge in [0.1, 0.15) is 0 Å². The standard InChI is InChI=1S/C10H15N3.2ClH/c1-9-8-12-6-7-13(9)10-2-4-11-5-3-10;;/h2-5,9,12H,6-8H2,1H3;2*1H. The van der Waals surface area contributed by atoms with Gasteiger partial charge in [-0.1, -0.05) is 0 Å². The second kappa shape index (κ2) is 6.88. The van der Waals surface area contributed by atoms with Gasteiger partial charge in [-0.05, 0) is 19.1 Å². The first-order chi connectivity index (χ1) is 6.38. The van der Waals surface area contributed by atoms with Crippen LogP contribution in [0.4, 0.5) is 5.69 Å². The Morgan fingerprint density at radius 3 is 2.60 bits per heavy atom. The first kappa shape index (κ1) is 14.5. The molecule has 2 rings (SSSR count). The topological polar surface area (TPSA) is 28.2 Å². The molecule has 2 heterocycles. The van der Waals surface area contributed by atoms with Crippen LogP contribution in [0.15, 0.2) is 24.5 Å². The minimum atomic E-state index is 0. The maximum Gasteiger partial charge on any atom is 0.0400 e. The Hall–Kier alpha value is -0.510. The van der Waals surface area contributed by atoms with Crippen LogP contribution in [0.25, 0.3) is 0 Å². The lowest BCUT2D eigenvalue weighted by Gasteiger charge is -2.35. The van der Waals surface area contributed by atoms with Crippen molar-refractivity contribution >= 4 is 30.5 Å². The summed E-state index contributed by atoms with van der Waals surface area (Å²) in [7, 11) is 0. The lowest BCUT2D eigenvalue weighted by atomic mass is 10.2. The molecule has 0 aromatic carbocycles. The number of hydrogen-bond donors (Lipinski definition) is 1. The van der Waals surface area contributed by atoms with E-state index in [2.05, 4.69) is 34.3 Å². The van der Waals surface area contributed by atoms with E-state index in [4.69, 9.17) is 0 Å². The van der Waals surface area contributed by atoms with Gasteiger partial charge in [-0.2, -0.15) is 0 Å². The fourth-order valence-electron chi connectivity index (χ4n) is 1.76. The van der Waals surface area contributed by atoms with Crippen LogP contribution in [0.2, 0.25) is 0 Å². The number of nitrogens with one attached hydrogen (secondary N) is 1. The summed E-state index contributed by atoms with van der Waals surface area (Å²) < 4.78 is 0. The quantitative estimate of drug-likeness (QED) is 0.822. The number of anilines is 1. The molecule has 0 aliphatic carbocycles. The fourth-order valence-corrected chi connectivity index (χ4v) is 1.76. The minimum Gasteiger partial charge on any atom is -0.366 e. The Morgan fingerprint density at radius 1 is 1.33 bits per heavy atom. The highest BCUT2D eigenvalue weighted by molar-refractivity contribution is 5.85. The smallest absolute Gasteiger partial charge is 0.0400 e. The van der Waals surface area contributed by atoms with Crippen molar-refractivity contribution in [2.24, 2.45) is 0 Å². The monoisotopic (exact) mass is 249 g/mol. The fraction of sp³-hybridized carbons (Fsp3) is 0.500. The van der Waals surface area contributed by atoms with Gasteiger partial charge in [0.05, 0.1) is 0 Å². The van der Waals surface area contributed by atoms with Gasteiger partial charge >= 0.3 is 0 Å². The molecule has 3 nitrogen and oxygen atoms in total. The Balaban J connectivity index is 0.000000980. The van der Waals surface area contributed by atoms with Crippen molar-refractivity contribution in [3.05, 3.63) is 24.5 Å². The van der Waals surface area contributed by atoms with E-state index in [9.17, 15) is 0 Å². The van der Waals surface area contributed by atoms with Crippen molar-refractivity contribution in [3.63, 3.8) is 0 Å². The van der Waals surface area contributed by atoms with E-state index in [0.29, 0.717) is 6.04 Å². The summed E-state index contributed by atoms with van der Waals surface area (Å²) in [5.41, 5.74) is 1.28. The van der Waals surface area contributed by atoms with Crippen molar-refractivity contribution in [1.29, 1.82) is 0 Å². The number of pyridine rings is 1. The van der Waals surface area contributed by atoms with Crippen LogP contribution in [-0.4, -0.2) is 30.7 Å². The largest absolute Gasteiger partial charge is 0.366 e. The zero-order valence-corrected chi connectivity index (χ0v) is 10.4. The van der Waals surface area contributed by atoms with Crippen LogP contribution in [0.1, 0.15) is 6.92 Å². The van der Waals surface area contributed by atoms with Gasteiger partial charge in [0.25, 0.3) is 0 Å². The van der Waals surface area contributed by atoms with Gasteiger partial charge in [0.2, 0.25) is 0 Å². The number of nitrogens with zero attached hydrogens (tertiary/aromatic N) is 2. The molecule has 1 saturated heterocycles. The molecule has 0 bridgehead atoms. The van der Waals surface area contributed by atoms with E-state index in [0.717, 1.165) is 19.6 Å². The third-order valence-corrected chi connectivity index (χ3v) is 2.50. The molecule has 1 N–H and O–H groups in total. The van der Waals surface area contributed by atoms with Crippen LogP contribution < -0.4 is 10.2 Å². The molecule has 1 aromatic heterocycles. The van der Waals surface area contributed by atoms with Crippen LogP contribution in [0.5, 0.6) is 0 Å². The molecule has 0 saturated carbocycles. The lowest BCUT2D eigenvalue weighted by Crippen LogP contribution is -2.49. The number of piperazine rings is 1. The van der Waals surface area contributed by atoms with Gasteiger partial charge in [0, 0.05) is 43.8 Å². The van der Waals surface area contributed by atoms with E-state index in [1.54, 1.807) is 0 Å². The van der Waals surface area contributed by atoms with Gasteiger partial charge < -0.3 is 10.2 Å². The van der Waals surface area contributed by atoms with Crippen molar-refractivity contribution < 1.29 is 0 Å². The van der Waals surface area contributed by atoms with E-state index in [-0.39, 0.29) is 24.8 Å². The highest BCUT2D eigenvalue weighted by Gasteiger charge is 2.17. The summed E-state index contributed by atoms with van der Waals surface area (Å²) in [6, 6.07) is 4.72. The van der Waals surface area contributed by atoms with Crippen molar-refractivity contribution in [2.45, 2.75) is 13.0 Å². The first-order valence-electron chi connectivity index (χ1n) is 4.75. The normalized spacial score (nSPS) is 20.1. The van der Waals surface area contributed by atoms with Gasteiger partial charge in [-0.3, -0.25) is 4.98 Å². The van der Waals surface area contributed by atoms with Crippen LogP contribution in [0, 0.1) is 0 Å². The maximum absolute atomic E-state index is 4.02. The minimum absolute atomic E-state index is 0. The first-order valence-corrected chi connectivity index (χ1v) is 4.75. The molecular formula is C10H17Cl2N3. The third kappa shape index (κ3) is 3.52. The number of rotatable bonds is 1. The summed E-state index contributed by atoms with van der Waals surface area (Å²) in [5.74, 6) is 0. The molecule has 0 radical (unpaired) electrons. The SMILES string of the molecule is CC1CNCCN1c1ccncc1.Cl.Cl. The molecule has 0 spiro atoms. The molecule has 86 valence electrons. The average Bonchev–Trinajstić information content (AvgIpc) is 2.20. The Kier molecular flexibility index (Phi) is 6.65. The second-order valence-electron chi connectivity index (χ2n) is 3.45. The van der Waals surface area contributed by atoms with Crippen molar-refractivity contribution in [1.82, 2.24) is 10.3 Å². The second-order valence-corrected chi connectivity index (χ2v) is 3.45. The third-order valence-electron chi connectivity index (χ3n) is 2.50. The van der Waals surface area contributed by atoms with Crippen LogP contribution in [0.3, 0.4) is 0 Å². The van der Waals surface area contributed by atoms with Crippen molar-refractivity contribution in [3.8, 4) is 0 Å². The molecule has 1 aliphatic heterocycles. The Bertz CT molecular complexity index is 269. The van der Waals surface area contributed by atoms with Crippen LogP contribution in [-0.2, 0) is 0 Å². The maximum atomic E-state index is 4.02. The Morgan fingerprint density at radius 2 is 2.00 bits per heavy atom. The Labute approximate surface area is 103 Å². The molecule has 5 heteroatoms. The zero-order valence-electron chi connectivity index (χ0n) is 8.72. The summed E-state index contributed by atoms with van der Waals surface area (Å²) in [4.78, 5) is 6.44. The van der Waals surface area contributed by atoms with E-state index in [1.807, 2.05) is 12.4 Å². The summed E-state index contributed by atoms with van der Waals surface area (Å²) in [6.07, 6.45) is 3.70. The summed E-state index contributed by atoms with van der Waals surface area (Å²) in [6.45, 7) is 5.48. The van der Waals surface area contributed by atoms with Crippen molar-refractivity contribution in [2.75, 3.05) is 24.5 Å². The van der Waals surface area contributed by atoms with Crippen LogP contribution >= 0.6 is 24.8 Å². The molecule has 15 heavy (non-hydrogen) atoms. The highest BCUT2D eigenvalue weighted by Crippen LogP contribution is 2.16. The molecule has 1 aliphatic rings. The molecule has 0 amide bonds. The van der Waals surface area contributed by atoms with E-state index in [1.165, 1.54) is 5.69 Å². The number of aromatic nitrogens is 1. The summed E-state index contributed by atoms with van der Waals surface area (Å²) in [5, 5.41) is 3.38. The molecule has 1 aromatic rings. The number of hydrogen-bond acceptors (Lipinski definition) is 3. The van der Waals surface area contributed by atoms with E-state index < -0.39 is 0 Å². The molecule has 1 atom stereocenters. The average molecular weight is 250 g/mol. The highest BCUT2D eigenvalue weighted by atomic mass is 35.5. The predicted octanol–water partition coefficient (Wildman–Crippen LogP) is 1.72. The lowest BCUT2D eigenvalue weighted by molar-refractivity contribution is 0.501. The van der Waals surface area contributed by atoms with Gasteiger partial charge in [-0.25, -0.2) is 0 Å². The summed E-state index contributed by atoms with van der Waals surface area (Å²) >= 11 is 0. The molecule has 1 fully saturated rings. The number of halogens is 2. The molecular weight excluding hydrogens is 233 g/mol. The van der Waals surface area contributed by atoms with Gasteiger partial charge in [-0.15, -0.1) is 24.8 Å².